The maximum atomic E-state index is 14.2. The van der Waals surface area contributed by atoms with Crippen LogP contribution in [0.4, 0.5) is 0 Å². The number of allylic oxidation sites excluding steroid dienone is 2. The second-order valence-electron chi connectivity index (χ2n) is 14.2. The third-order valence-corrected chi connectivity index (χ3v) is 12.9. The molecule has 5 aliphatic carbocycles. The molecule has 0 radical (unpaired) electrons. The molecule has 0 amide bonds. The Balaban J connectivity index is 1.67. The monoisotopic (exact) mass is 468 g/mol. The number of hydrogen-bond donors (Lipinski definition) is 1. The van der Waals surface area contributed by atoms with Crippen molar-refractivity contribution in [2.45, 2.75) is 99.8 Å². The Kier molecular flexibility index (Phi) is 5.04. The Hall–Kier alpha value is -1.45. The minimum Gasteiger partial charge on any atom is -0.481 e. The van der Waals surface area contributed by atoms with Crippen LogP contribution in [0, 0.1) is 56.7 Å². The number of ketones is 2. The van der Waals surface area contributed by atoms with Crippen LogP contribution in [0.1, 0.15) is 99.8 Å². The van der Waals surface area contributed by atoms with E-state index in [1.54, 1.807) is 0 Å². The third kappa shape index (κ3) is 2.64. The van der Waals surface area contributed by atoms with Gasteiger partial charge < -0.3 is 5.11 Å². The third-order valence-electron chi connectivity index (χ3n) is 12.9. The van der Waals surface area contributed by atoms with Crippen molar-refractivity contribution in [3.05, 3.63) is 11.6 Å². The van der Waals surface area contributed by atoms with E-state index in [1.165, 1.54) is 0 Å². The van der Waals surface area contributed by atoms with Gasteiger partial charge in [0.2, 0.25) is 0 Å². The van der Waals surface area contributed by atoms with Crippen LogP contribution in [0.25, 0.3) is 0 Å². The highest BCUT2D eigenvalue weighted by atomic mass is 16.4. The van der Waals surface area contributed by atoms with Crippen LogP contribution < -0.4 is 0 Å². The van der Waals surface area contributed by atoms with Crippen molar-refractivity contribution in [3.63, 3.8) is 0 Å². The molecular formula is C30H44O4. The van der Waals surface area contributed by atoms with Gasteiger partial charge in [-0.05, 0) is 90.9 Å². The van der Waals surface area contributed by atoms with E-state index in [9.17, 15) is 19.5 Å². The zero-order chi connectivity index (χ0) is 25.1. The Morgan fingerprint density at radius 2 is 1.62 bits per heavy atom. The van der Waals surface area contributed by atoms with E-state index in [0.717, 1.165) is 44.1 Å². The molecule has 0 bridgehead atoms. The first-order chi connectivity index (χ1) is 15.7. The number of carboxylic acid groups (broad SMARTS) is 1. The lowest BCUT2D eigenvalue weighted by Gasteiger charge is -2.69. The maximum absolute atomic E-state index is 14.2. The Bertz CT molecular complexity index is 992. The molecule has 9 atom stereocenters. The number of aliphatic carboxylic acids is 1. The fourth-order valence-electron chi connectivity index (χ4n) is 10.5. The van der Waals surface area contributed by atoms with Crippen molar-refractivity contribution in [2.24, 2.45) is 56.7 Å². The molecule has 4 heteroatoms. The van der Waals surface area contributed by atoms with Gasteiger partial charge in [0.25, 0.3) is 0 Å². The molecule has 5 rings (SSSR count). The molecule has 0 aliphatic heterocycles. The summed E-state index contributed by atoms with van der Waals surface area (Å²) in [5.41, 5.74) is -0.559. The lowest BCUT2D eigenvalue weighted by molar-refractivity contribution is -0.192. The van der Waals surface area contributed by atoms with Crippen LogP contribution in [0.15, 0.2) is 11.6 Å². The van der Waals surface area contributed by atoms with Crippen LogP contribution in [-0.4, -0.2) is 22.6 Å². The first-order valence-electron chi connectivity index (χ1n) is 13.7. The quantitative estimate of drug-likeness (QED) is 0.478. The van der Waals surface area contributed by atoms with Crippen molar-refractivity contribution < 1.29 is 19.5 Å². The molecule has 188 valence electrons. The Labute approximate surface area is 205 Å². The summed E-state index contributed by atoms with van der Waals surface area (Å²) in [5, 5.41) is 10.5. The summed E-state index contributed by atoms with van der Waals surface area (Å²) in [6, 6.07) is 0. The summed E-state index contributed by atoms with van der Waals surface area (Å²) >= 11 is 0. The van der Waals surface area contributed by atoms with Gasteiger partial charge in [0.15, 0.2) is 5.78 Å². The first-order valence-corrected chi connectivity index (χ1v) is 13.7. The van der Waals surface area contributed by atoms with Gasteiger partial charge in [0.1, 0.15) is 5.78 Å². The molecule has 0 aromatic rings. The van der Waals surface area contributed by atoms with Crippen LogP contribution in [0.2, 0.25) is 0 Å². The van der Waals surface area contributed by atoms with Crippen LogP contribution in [0.3, 0.4) is 0 Å². The fourth-order valence-corrected chi connectivity index (χ4v) is 10.5. The van der Waals surface area contributed by atoms with Crippen LogP contribution >= 0.6 is 0 Å². The van der Waals surface area contributed by atoms with Crippen LogP contribution in [-0.2, 0) is 14.4 Å². The predicted molar refractivity (Wildman–Crippen MR) is 132 cm³/mol. The molecule has 4 saturated carbocycles. The number of carbonyl (C=O) groups excluding carboxylic acids is 2. The molecular weight excluding hydrogens is 424 g/mol. The largest absolute Gasteiger partial charge is 0.481 e. The molecule has 5 aliphatic rings. The van der Waals surface area contributed by atoms with E-state index in [4.69, 9.17) is 0 Å². The fraction of sp³-hybridized carbons (Fsp3) is 0.833. The Morgan fingerprint density at radius 1 is 0.941 bits per heavy atom. The summed E-state index contributed by atoms with van der Waals surface area (Å²) in [6.07, 6.45) is 8.42. The molecule has 0 heterocycles. The van der Waals surface area contributed by atoms with E-state index >= 15 is 0 Å². The molecule has 0 aromatic carbocycles. The first kappa shape index (κ1) is 24.3. The lowest BCUT2D eigenvalue weighted by atomic mass is 9.33. The highest BCUT2D eigenvalue weighted by Crippen LogP contribution is 2.74. The average molecular weight is 469 g/mol. The highest BCUT2D eigenvalue weighted by molar-refractivity contribution is 5.96. The van der Waals surface area contributed by atoms with E-state index in [1.807, 2.05) is 6.08 Å². The summed E-state index contributed by atoms with van der Waals surface area (Å²) < 4.78 is 0. The molecule has 2 unspecified atom stereocenters. The van der Waals surface area contributed by atoms with Gasteiger partial charge in [-0.15, -0.1) is 0 Å². The van der Waals surface area contributed by atoms with Crippen molar-refractivity contribution in [1.29, 1.82) is 0 Å². The van der Waals surface area contributed by atoms with Gasteiger partial charge in [-0.2, -0.15) is 0 Å². The number of carboxylic acids is 1. The standard InChI is InChI=1S/C30H44O4/c1-17-8-13-30(25(33)34)15-14-28(6)19(23(30)18(17)2)16-20(31)24-27(5)11-10-22(32)26(3,4)21(27)9-12-29(24,28)7/h16-18,21,23-24H,8-15H2,1-7H3,(H,33,34)/t17-,18-,21?,23-,24?,27-,28-,29+,30-/m0/s1. The highest BCUT2D eigenvalue weighted by Gasteiger charge is 2.71. The van der Waals surface area contributed by atoms with E-state index in [2.05, 4.69) is 48.5 Å². The Morgan fingerprint density at radius 3 is 2.26 bits per heavy atom. The van der Waals surface area contributed by atoms with E-state index in [0.29, 0.717) is 24.5 Å². The summed E-state index contributed by atoms with van der Waals surface area (Å²) in [7, 11) is 0. The topological polar surface area (TPSA) is 71.4 Å². The number of hydrogen-bond acceptors (Lipinski definition) is 3. The molecule has 0 spiro atoms. The zero-order valence-electron chi connectivity index (χ0n) is 22.3. The van der Waals surface area contributed by atoms with E-state index < -0.39 is 16.8 Å². The lowest BCUT2D eigenvalue weighted by Crippen LogP contribution is -2.67. The molecule has 1 N–H and O–H groups in total. The SMILES string of the molecule is C[C@@H]1[C@H]2C3=CC(=O)C4[C@@]5(C)CCC(=O)C(C)(C)C5CC[C@@]4(C)[C@@]3(C)CC[C@@]2(C(=O)O)CC[C@@H]1C. The van der Waals surface area contributed by atoms with Crippen molar-refractivity contribution in [2.75, 3.05) is 0 Å². The molecule has 4 nitrogen and oxygen atoms in total. The summed E-state index contributed by atoms with van der Waals surface area (Å²) in [4.78, 5) is 39.9. The number of carbonyl (C=O) groups is 3. The average Bonchev–Trinajstić information content (AvgIpc) is 2.74. The summed E-state index contributed by atoms with van der Waals surface area (Å²) in [5.74, 6) is 0.649. The smallest absolute Gasteiger partial charge is 0.310 e. The minimum atomic E-state index is -0.735. The number of fused-ring (bicyclic) bond motifs is 7. The van der Waals surface area contributed by atoms with Gasteiger partial charge in [-0.25, -0.2) is 0 Å². The van der Waals surface area contributed by atoms with Gasteiger partial charge in [-0.3, -0.25) is 14.4 Å². The van der Waals surface area contributed by atoms with Gasteiger partial charge in [0.05, 0.1) is 5.41 Å². The second kappa shape index (κ2) is 7.07. The molecule has 34 heavy (non-hydrogen) atoms. The second-order valence-corrected chi connectivity index (χ2v) is 14.2. The number of Topliss-reactive ketones (excluding diaryl/α,β-unsaturated/α-hetero) is 1. The molecule has 0 saturated heterocycles. The summed E-state index contributed by atoms with van der Waals surface area (Å²) in [6.45, 7) is 15.7. The zero-order valence-corrected chi connectivity index (χ0v) is 22.3. The minimum absolute atomic E-state index is 0.0656. The molecule has 0 aromatic heterocycles. The number of rotatable bonds is 1. The van der Waals surface area contributed by atoms with Crippen LogP contribution in [0.5, 0.6) is 0 Å². The van der Waals surface area contributed by atoms with Gasteiger partial charge >= 0.3 is 5.97 Å². The van der Waals surface area contributed by atoms with Crippen molar-refractivity contribution in [1.82, 2.24) is 0 Å². The van der Waals surface area contributed by atoms with E-state index in [-0.39, 0.29) is 45.7 Å². The maximum Gasteiger partial charge on any atom is 0.310 e. The molecule has 4 fully saturated rings. The normalized spacial score (nSPS) is 52.0. The van der Waals surface area contributed by atoms with Gasteiger partial charge in [-0.1, -0.05) is 54.0 Å². The van der Waals surface area contributed by atoms with Gasteiger partial charge in [0, 0.05) is 17.8 Å². The predicted octanol–water partition coefficient (Wildman–Crippen LogP) is 6.48. The van der Waals surface area contributed by atoms with Crippen molar-refractivity contribution >= 4 is 17.5 Å². The van der Waals surface area contributed by atoms with Crippen molar-refractivity contribution in [3.8, 4) is 0 Å².